The predicted octanol–water partition coefficient (Wildman–Crippen LogP) is 3.79. The van der Waals surface area contributed by atoms with Crippen molar-refractivity contribution in [3.8, 4) is 0 Å². The van der Waals surface area contributed by atoms with Crippen molar-refractivity contribution in [2.75, 3.05) is 6.54 Å². The van der Waals surface area contributed by atoms with E-state index in [4.69, 9.17) is 0 Å². The fraction of sp³-hybridized carbons (Fsp3) is 0.103. The van der Waals surface area contributed by atoms with Crippen LogP contribution in [0, 0.1) is 0 Å². The Kier molecular flexibility index (Phi) is 7.85. The Morgan fingerprint density at radius 3 is 1.74 bits per heavy atom. The van der Waals surface area contributed by atoms with Crippen LogP contribution in [0.1, 0.15) is 24.1 Å². The van der Waals surface area contributed by atoms with Gasteiger partial charge in [-0.3, -0.25) is 9.59 Å². The van der Waals surface area contributed by atoms with Gasteiger partial charge in [0.25, 0.3) is 0 Å². The van der Waals surface area contributed by atoms with Gasteiger partial charge in [0.2, 0.25) is 0 Å². The van der Waals surface area contributed by atoms with Crippen LogP contribution in [0.5, 0.6) is 0 Å². The zero-order chi connectivity index (χ0) is 23.8. The van der Waals surface area contributed by atoms with Crippen LogP contribution in [-0.4, -0.2) is 18.4 Å². The van der Waals surface area contributed by atoms with Crippen molar-refractivity contribution >= 4 is 35.6 Å². The molecule has 0 fully saturated rings. The molecule has 0 saturated heterocycles. The lowest BCUT2D eigenvalue weighted by atomic mass is 9.98. The minimum absolute atomic E-state index is 0.395. The third-order valence-electron chi connectivity index (χ3n) is 5.47. The molecule has 0 unspecified atom stereocenters. The van der Waals surface area contributed by atoms with E-state index in [1.807, 2.05) is 60.7 Å². The summed E-state index contributed by atoms with van der Waals surface area (Å²) in [5, 5.41) is 9.17. The Morgan fingerprint density at radius 1 is 0.676 bits per heavy atom. The maximum Gasteiger partial charge on any atom is 0.310 e. The summed E-state index contributed by atoms with van der Waals surface area (Å²) in [6, 6.07) is 38.4. The lowest BCUT2D eigenvalue weighted by Crippen LogP contribution is -2.42. The second-order valence-corrected chi connectivity index (χ2v) is 9.93. The number of carbonyl (C=O) groups excluding carboxylic acids is 2. The normalized spacial score (nSPS) is 11.6. The number of hydrogen-bond donors (Lipinski definition) is 2. The summed E-state index contributed by atoms with van der Waals surface area (Å²) in [6.45, 7) is 2.19. The first-order valence-electron chi connectivity index (χ1n) is 11.3. The number of amides is 2. The van der Waals surface area contributed by atoms with E-state index in [1.54, 1.807) is 6.92 Å². The molecule has 0 aliphatic carbocycles. The van der Waals surface area contributed by atoms with Crippen molar-refractivity contribution in [2.24, 2.45) is 0 Å². The third kappa shape index (κ3) is 5.41. The smallest absolute Gasteiger partial charge is 0.310 e. The van der Waals surface area contributed by atoms with Crippen LogP contribution in [0.15, 0.2) is 115 Å². The molecule has 170 valence electrons. The van der Waals surface area contributed by atoms with Crippen LogP contribution in [0.2, 0.25) is 0 Å². The fourth-order valence-corrected chi connectivity index (χ4v) is 6.43. The van der Waals surface area contributed by atoms with Gasteiger partial charge in [-0.15, -0.1) is 0 Å². The van der Waals surface area contributed by atoms with Crippen molar-refractivity contribution in [3.05, 3.63) is 126 Å². The minimum atomic E-state index is -0.888. The molecule has 0 aliphatic rings. The average Bonchev–Trinajstić information content (AvgIpc) is 2.90. The van der Waals surface area contributed by atoms with Crippen molar-refractivity contribution in [2.45, 2.75) is 13.0 Å². The number of likely N-dealkylation sites (N-methyl/N-ethyl adjacent to an activating group) is 1. The van der Waals surface area contributed by atoms with Gasteiger partial charge in [-0.25, -0.2) is 0 Å². The van der Waals surface area contributed by atoms with Crippen LogP contribution in [0.25, 0.3) is 0 Å². The van der Waals surface area contributed by atoms with Gasteiger partial charge in [0.05, 0.1) is 6.04 Å². The molecular formula is C29H27N2O2P. The van der Waals surface area contributed by atoms with E-state index in [9.17, 15) is 9.59 Å². The summed E-state index contributed by atoms with van der Waals surface area (Å²) < 4.78 is 0. The summed E-state index contributed by atoms with van der Waals surface area (Å²) in [7, 11) is -0.888. The zero-order valence-corrected chi connectivity index (χ0v) is 19.9. The Labute approximate surface area is 201 Å². The number of benzene rings is 4. The Morgan fingerprint density at radius 2 is 1.18 bits per heavy atom. The van der Waals surface area contributed by atoms with Crippen LogP contribution in [0.3, 0.4) is 0 Å². The Bertz CT molecular complexity index is 1190. The van der Waals surface area contributed by atoms with Gasteiger partial charge in [-0.1, -0.05) is 115 Å². The van der Waals surface area contributed by atoms with Crippen LogP contribution < -0.4 is 26.5 Å². The molecule has 4 nitrogen and oxygen atoms in total. The molecule has 4 aromatic carbocycles. The van der Waals surface area contributed by atoms with Gasteiger partial charge in [-0.05, 0) is 41.9 Å². The molecule has 0 spiro atoms. The van der Waals surface area contributed by atoms with Crippen LogP contribution >= 0.6 is 7.92 Å². The second-order valence-electron chi connectivity index (χ2n) is 7.74. The monoisotopic (exact) mass is 466 g/mol. The quantitative estimate of drug-likeness (QED) is 0.322. The van der Waals surface area contributed by atoms with E-state index in [1.165, 1.54) is 10.6 Å². The molecule has 4 rings (SSSR count). The van der Waals surface area contributed by atoms with E-state index >= 15 is 0 Å². The van der Waals surface area contributed by atoms with E-state index in [0.29, 0.717) is 6.54 Å². The molecule has 4 aromatic rings. The minimum Gasteiger partial charge on any atom is -0.348 e. The Balaban J connectivity index is 1.86. The lowest BCUT2D eigenvalue weighted by Gasteiger charge is -2.27. The predicted molar refractivity (Wildman–Crippen MR) is 140 cm³/mol. The highest BCUT2D eigenvalue weighted by Crippen LogP contribution is 2.36. The van der Waals surface area contributed by atoms with Gasteiger partial charge in [-0.2, -0.15) is 0 Å². The molecule has 2 amide bonds. The molecule has 2 N–H and O–H groups in total. The topological polar surface area (TPSA) is 58.2 Å². The van der Waals surface area contributed by atoms with Gasteiger partial charge < -0.3 is 10.6 Å². The molecule has 0 bridgehead atoms. The molecule has 0 saturated carbocycles. The Hall–Kier alpha value is -3.75. The molecular weight excluding hydrogens is 439 g/mol. The van der Waals surface area contributed by atoms with Gasteiger partial charge in [0.15, 0.2) is 0 Å². The standard InChI is InChI=1S/C29H27N2O2P/c1-2-30-28(32)29(33)31-27(22-14-6-3-7-15-22)25-20-12-13-21-26(25)34(23-16-8-4-9-17-23)24-18-10-5-11-19-24/h3-21,27H,2H2,1H3,(H,30,32)(H,31,33)/t27-/m1/s1. The largest absolute Gasteiger partial charge is 0.348 e. The summed E-state index contributed by atoms with van der Waals surface area (Å²) in [6.07, 6.45) is 0. The van der Waals surface area contributed by atoms with E-state index in [0.717, 1.165) is 16.4 Å². The summed E-state index contributed by atoms with van der Waals surface area (Å²) in [4.78, 5) is 25.1. The molecule has 0 heterocycles. The highest BCUT2D eigenvalue weighted by Gasteiger charge is 2.27. The molecule has 1 atom stereocenters. The summed E-state index contributed by atoms with van der Waals surface area (Å²) in [5.74, 6) is -1.27. The number of nitrogens with one attached hydrogen (secondary N) is 2. The third-order valence-corrected chi connectivity index (χ3v) is 7.99. The van der Waals surface area contributed by atoms with Crippen molar-refractivity contribution < 1.29 is 9.59 Å². The van der Waals surface area contributed by atoms with Crippen LogP contribution in [0.4, 0.5) is 0 Å². The van der Waals surface area contributed by atoms with E-state index in [-0.39, 0.29) is 0 Å². The maximum atomic E-state index is 12.8. The SMILES string of the molecule is CCNC(=O)C(=O)N[C@H](c1ccccc1)c1ccccc1P(c1ccccc1)c1ccccc1. The number of carbonyl (C=O) groups is 2. The molecule has 0 radical (unpaired) electrons. The number of hydrogen-bond acceptors (Lipinski definition) is 2. The van der Waals surface area contributed by atoms with Gasteiger partial charge in [0, 0.05) is 6.54 Å². The van der Waals surface area contributed by atoms with Crippen molar-refractivity contribution in [3.63, 3.8) is 0 Å². The van der Waals surface area contributed by atoms with E-state index in [2.05, 4.69) is 65.2 Å². The highest BCUT2D eigenvalue weighted by atomic mass is 31.1. The molecule has 34 heavy (non-hydrogen) atoms. The van der Waals surface area contributed by atoms with Gasteiger partial charge in [0.1, 0.15) is 0 Å². The van der Waals surface area contributed by atoms with Crippen molar-refractivity contribution in [1.82, 2.24) is 10.6 Å². The molecule has 0 aliphatic heterocycles. The molecule has 5 heteroatoms. The zero-order valence-electron chi connectivity index (χ0n) is 19.0. The van der Waals surface area contributed by atoms with Gasteiger partial charge >= 0.3 is 11.8 Å². The lowest BCUT2D eigenvalue weighted by molar-refractivity contribution is -0.139. The average molecular weight is 467 g/mol. The van der Waals surface area contributed by atoms with Crippen LogP contribution in [-0.2, 0) is 9.59 Å². The fourth-order valence-electron chi connectivity index (χ4n) is 3.94. The van der Waals surface area contributed by atoms with E-state index < -0.39 is 25.8 Å². The molecule has 0 aromatic heterocycles. The second kappa shape index (κ2) is 11.4. The first-order valence-corrected chi connectivity index (χ1v) is 12.7. The number of rotatable bonds is 7. The summed E-state index contributed by atoms with van der Waals surface area (Å²) >= 11 is 0. The maximum absolute atomic E-state index is 12.8. The van der Waals surface area contributed by atoms with Crippen molar-refractivity contribution in [1.29, 1.82) is 0 Å². The highest BCUT2D eigenvalue weighted by molar-refractivity contribution is 7.79. The first-order chi connectivity index (χ1) is 16.7. The first kappa shape index (κ1) is 23.4. The summed E-state index contributed by atoms with van der Waals surface area (Å²) in [5.41, 5.74) is 1.90.